The zero-order valence-electron chi connectivity index (χ0n) is 9.92. The molecule has 1 N–H and O–H groups in total. The van der Waals surface area contributed by atoms with Gasteiger partial charge < -0.3 is 9.88 Å². The van der Waals surface area contributed by atoms with Gasteiger partial charge in [0.05, 0.1) is 14.6 Å². The zero-order valence-corrected chi connectivity index (χ0v) is 11.5. The molecule has 0 radical (unpaired) electrons. The highest BCUT2D eigenvalue weighted by Gasteiger charge is 2.15. The summed E-state index contributed by atoms with van der Waals surface area (Å²) in [5.41, 5.74) is 1.77. The van der Waals surface area contributed by atoms with E-state index in [1.165, 1.54) is 11.3 Å². The molecule has 0 aliphatic heterocycles. The highest BCUT2D eigenvalue weighted by atomic mass is 35.5. The minimum absolute atomic E-state index is 0.00628. The fourth-order valence-electron chi connectivity index (χ4n) is 1.87. The Kier molecular flexibility index (Phi) is 3.74. The standard InChI is InChI=1S/C12H15ClN2OS/c1-3-5-14-12(16)9-6-10-8(15(9)4-2)7-11(13)17-10/h6-7H,3-5H2,1-2H3,(H,14,16). The maximum absolute atomic E-state index is 12.0. The van der Waals surface area contributed by atoms with Crippen molar-refractivity contribution in [3.05, 3.63) is 22.2 Å². The number of carbonyl (C=O) groups is 1. The predicted molar refractivity (Wildman–Crippen MR) is 73.1 cm³/mol. The van der Waals surface area contributed by atoms with Gasteiger partial charge in [-0.25, -0.2) is 0 Å². The lowest BCUT2D eigenvalue weighted by Gasteiger charge is -2.07. The molecule has 0 aromatic carbocycles. The lowest BCUT2D eigenvalue weighted by Crippen LogP contribution is -2.26. The van der Waals surface area contributed by atoms with Crippen molar-refractivity contribution in [3.63, 3.8) is 0 Å². The summed E-state index contributed by atoms with van der Waals surface area (Å²) in [7, 11) is 0. The van der Waals surface area contributed by atoms with Gasteiger partial charge in [0.2, 0.25) is 0 Å². The Balaban J connectivity index is 2.39. The van der Waals surface area contributed by atoms with Crippen molar-refractivity contribution in [3.8, 4) is 0 Å². The molecule has 0 atom stereocenters. The molecule has 0 bridgehead atoms. The first-order valence-corrected chi connectivity index (χ1v) is 6.93. The van der Waals surface area contributed by atoms with Crippen LogP contribution in [0.25, 0.3) is 10.2 Å². The largest absolute Gasteiger partial charge is 0.351 e. The van der Waals surface area contributed by atoms with Gasteiger partial charge in [0, 0.05) is 13.1 Å². The minimum atomic E-state index is -0.00628. The number of hydrogen-bond donors (Lipinski definition) is 1. The first-order valence-electron chi connectivity index (χ1n) is 5.74. The molecule has 1 amide bonds. The van der Waals surface area contributed by atoms with Crippen LogP contribution in [0, 0.1) is 0 Å². The molecule has 0 spiro atoms. The second kappa shape index (κ2) is 5.10. The van der Waals surface area contributed by atoms with E-state index in [1.54, 1.807) is 0 Å². The third-order valence-electron chi connectivity index (χ3n) is 2.64. The van der Waals surface area contributed by atoms with Gasteiger partial charge in [-0.2, -0.15) is 0 Å². The van der Waals surface area contributed by atoms with Gasteiger partial charge in [0.25, 0.3) is 5.91 Å². The Morgan fingerprint density at radius 3 is 2.88 bits per heavy atom. The fraction of sp³-hybridized carbons (Fsp3) is 0.417. The van der Waals surface area contributed by atoms with E-state index in [2.05, 4.69) is 5.32 Å². The summed E-state index contributed by atoms with van der Waals surface area (Å²) in [6, 6.07) is 3.84. The Morgan fingerprint density at radius 1 is 1.47 bits per heavy atom. The molecular weight excluding hydrogens is 256 g/mol. The van der Waals surface area contributed by atoms with Gasteiger partial charge in [-0.05, 0) is 25.5 Å². The summed E-state index contributed by atoms with van der Waals surface area (Å²) in [6.45, 7) is 5.55. The zero-order chi connectivity index (χ0) is 12.4. The van der Waals surface area contributed by atoms with Crippen LogP contribution in [0.1, 0.15) is 30.8 Å². The monoisotopic (exact) mass is 270 g/mol. The van der Waals surface area contributed by atoms with Gasteiger partial charge in [0.1, 0.15) is 5.69 Å². The van der Waals surface area contributed by atoms with Crippen LogP contribution in [-0.2, 0) is 6.54 Å². The third kappa shape index (κ3) is 2.33. The van der Waals surface area contributed by atoms with Crippen molar-refractivity contribution < 1.29 is 4.79 Å². The Labute approximate surface area is 109 Å². The topological polar surface area (TPSA) is 34.0 Å². The Bertz CT molecular complexity index is 544. The lowest BCUT2D eigenvalue weighted by molar-refractivity contribution is 0.0945. The van der Waals surface area contributed by atoms with E-state index in [0.29, 0.717) is 6.54 Å². The van der Waals surface area contributed by atoms with Crippen LogP contribution in [0.5, 0.6) is 0 Å². The van der Waals surface area contributed by atoms with Gasteiger partial charge in [-0.15, -0.1) is 11.3 Å². The molecule has 0 unspecified atom stereocenters. The number of hydrogen-bond acceptors (Lipinski definition) is 2. The van der Waals surface area contributed by atoms with Crippen LogP contribution in [0.15, 0.2) is 12.1 Å². The molecule has 2 rings (SSSR count). The molecule has 3 nitrogen and oxygen atoms in total. The molecule has 2 heterocycles. The van der Waals surface area contributed by atoms with Crippen LogP contribution in [-0.4, -0.2) is 17.0 Å². The van der Waals surface area contributed by atoms with Gasteiger partial charge in [0.15, 0.2) is 0 Å². The average molecular weight is 271 g/mol. The van der Waals surface area contributed by atoms with Crippen LogP contribution >= 0.6 is 22.9 Å². The van der Waals surface area contributed by atoms with E-state index in [9.17, 15) is 4.79 Å². The van der Waals surface area contributed by atoms with E-state index < -0.39 is 0 Å². The van der Waals surface area contributed by atoms with Crippen LogP contribution in [0.2, 0.25) is 4.34 Å². The quantitative estimate of drug-likeness (QED) is 0.906. The van der Waals surface area contributed by atoms with Crippen LogP contribution in [0.3, 0.4) is 0 Å². The van der Waals surface area contributed by atoms with E-state index >= 15 is 0 Å². The van der Waals surface area contributed by atoms with Gasteiger partial charge in [-0.1, -0.05) is 18.5 Å². The van der Waals surface area contributed by atoms with E-state index in [0.717, 1.165) is 33.2 Å². The highest BCUT2D eigenvalue weighted by molar-refractivity contribution is 7.22. The molecule has 0 saturated heterocycles. The smallest absolute Gasteiger partial charge is 0.267 e. The SMILES string of the molecule is CCCNC(=O)c1cc2sc(Cl)cc2n1CC. The predicted octanol–water partition coefficient (Wildman–Crippen LogP) is 3.52. The summed E-state index contributed by atoms with van der Waals surface area (Å²) >= 11 is 7.48. The van der Waals surface area contributed by atoms with Crippen LogP contribution < -0.4 is 5.32 Å². The number of thiophene rings is 1. The summed E-state index contributed by atoms with van der Waals surface area (Å²) < 4.78 is 3.83. The van der Waals surface area contributed by atoms with Gasteiger partial charge in [-0.3, -0.25) is 4.79 Å². The van der Waals surface area contributed by atoms with Crippen molar-refractivity contribution in [2.24, 2.45) is 0 Å². The molecule has 2 aromatic rings. The molecule has 0 aliphatic carbocycles. The van der Waals surface area contributed by atoms with Crippen LogP contribution in [0.4, 0.5) is 0 Å². The number of rotatable bonds is 4. The first kappa shape index (κ1) is 12.5. The molecule has 17 heavy (non-hydrogen) atoms. The summed E-state index contributed by atoms with van der Waals surface area (Å²) in [4.78, 5) is 12.0. The number of aryl methyl sites for hydroxylation is 1. The molecule has 0 aliphatic rings. The fourth-order valence-corrected chi connectivity index (χ4v) is 3.05. The average Bonchev–Trinajstić information content (AvgIpc) is 2.81. The molecular formula is C12H15ClN2OS. The van der Waals surface area contributed by atoms with Gasteiger partial charge >= 0.3 is 0 Å². The summed E-state index contributed by atoms with van der Waals surface area (Å²) in [5, 5.41) is 2.90. The van der Waals surface area contributed by atoms with E-state index in [4.69, 9.17) is 11.6 Å². The molecule has 0 fully saturated rings. The lowest BCUT2D eigenvalue weighted by atomic mass is 10.4. The van der Waals surface area contributed by atoms with Crippen molar-refractivity contribution >= 4 is 39.1 Å². The second-order valence-electron chi connectivity index (χ2n) is 3.83. The molecule has 92 valence electrons. The molecule has 2 aromatic heterocycles. The summed E-state index contributed by atoms with van der Waals surface area (Å²) in [5.74, 6) is -0.00628. The number of fused-ring (bicyclic) bond motifs is 1. The Hall–Kier alpha value is -1.00. The third-order valence-corrected chi connectivity index (χ3v) is 3.84. The first-order chi connectivity index (χ1) is 8.17. The van der Waals surface area contributed by atoms with Crippen molar-refractivity contribution in [2.75, 3.05) is 6.54 Å². The minimum Gasteiger partial charge on any atom is -0.351 e. The number of nitrogens with one attached hydrogen (secondary N) is 1. The van der Waals surface area contributed by atoms with E-state index in [-0.39, 0.29) is 5.91 Å². The summed E-state index contributed by atoms with van der Waals surface area (Å²) in [6.07, 6.45) is 0.943. The molecule has 0 saturated carbocycles. The number of carbonyl (C=O) groups excluding carboxylic acids is 1. The maximum Gasteiger partial charge on any atom is 0.267 e. The van der Waals surface area contributed by atoms with Crippen molar-refractivity contribution in [1.29, 1.82) is 0 Å². The number of amides is 1. The normalized spacial score (nSPS) is 11.0. The number of halogens is 1. The van der Waals surface area contributed by atoms with Crippen molar-refractivity contribution in [1.82, 2.24) is 9.88 Å². The molecule has 5 heteroatoms. The number of nitrogens with zero attached hydrogens (tertiary/aromatic N) is 1. The maximum atomic E-state index is 12.0. The Morgan fingerprint density at radius 2 is 2.24 bits per heavy atom. The second-order valence-corrected chi connectivity index (χ2v) is 5.54. The number of aromatic nitrogens is 1. The highest BCUT2D eigenvalue weighted by Crippen LogP contribution is 2.32. The van der Waals surface area contributed by atoms with Crippen molar-refractivity contribution in [2.45, 2.75) is 26.8 Å². The van der Waals surface area contributed by atoms with E-state index in [1.807, 2.05) is 30.5 Å².